The van der Waals surface area contributed by atoms with Gasteiger partial charge in [0, 0.05) is 0 Å². The van der Waals surface area contributed by atoms with Gasteiger partial charge in [0.2, 0.25) is 0 Å². The Labute approximate surface area is 185 Å². The first kappa shape index (κ1) is 22.3. The van der Waals surface area contributed by atoms with Crippen LogP contribution in [0.4, 0.5) is 4.39 Å². The average Bonchev–Trinajstić information content (AvgIpc) is 2.78. The number of aryl methyl sites for hydroxylation is 1. The Balaban J connectivity index is 1.29. The molecule has 4 rings (SSSR count). The van der Waals surface area contributed by atoms with Gasteiger partial charge in [-0.2, -0.15) is 0 Å². The third-order valence-corrected chi connectivity index (χ3v) is 9.26. The molecule has 3 aliphatic rings. The van der Waals surface area contributed by atoms with Crippen LogP contribution >= 0.6 is 0 Å². The molecule has 0 aromatic heterocycles. The fourth-order valence-corrected chi connectivity index (χ4v) is 7.40. The second-order valence-corrected chi connectivity index (χ2v) is 11.1. The van der Waals surface area contributed by atoms with E-state index in [0.29, 0.717) is 5.92 Å². The molecule has 0 N–H and O–H groups in total. The van der Waals surface area contributed by atoms with Crippen molar-refractivity contribution in [1.82, 2.24) is 0 Å². The molecule has 0 spiro atoms. The van der Waals surface area contributed by atoms with Gasteiger partial charge in [0.05, 0.1) is 0 Å². The van der Waals surface area contributed by atoms with Crippen LogP contribution in [0.25, 0.3) is 0 Å². The van der Waals surface area contributed by atoms with Crippen LogP contribution in [0.1, 0.15) is 121 Å². The van der Waals surface area contributed by atoms with Gasteiger partial charge >= 0.3 is 0 Å². The molecule has 0 aliphatic heterocycles. The molecule has 0 bridgehead atoms. The predicted molar refractivity (Wildman–Crippen MR) is 126 cm³/mol. The third kappa shape index (κ3) is 5.31. The highest BCUT2D eigenvalue weighted by Crippen LogP contribution is 2.51. The summed E-state index contributed by atoms with van der Waals surface area (Å²) < 4.78 is 14.6. The smallest absolute Gasteiger partial charge is 0.126 e. The molecule has 0 radical (unpaired) electrons. The second kappa shape index (κ2) is 10.6. The second-order valence-electron chi connectivity index (χ2n) is 11.1. The van der Waals surface area contributed by atoms with Crippen molar-refractivity contribution in [3.05, 3.63) is 35.1 Å². The average molecular weight is 413 g/mol. The van der Waals surface area contributed by atoms with E-state index in [4.69, 9.17) is 0 Å². The van der Waals surface area contributed by atoms with Crippen LogP contribution in [-0.4, -0.2) is 0 Å². The summed E-state index contributed by atoms with van der Waals surface area (Å²) in [6, 6.07) is 6.22. The van der Waals surface area contributed by atoms with Crippen molar-refractivity contribution >= 4 is 0 Å². The lowest BCUT2D eigenvalue weighted by atomic mass is 9.60. The van der Waals surface area contributed by atoms with Crippen LogP contribution in [0.2, 0.25) is 0 Å². The molecule has 3 saturated carbocycles. The van der Waals surface area contributed by atoms with Crippen LogP contribution in [0, 0.1) is 35.4 Å². The fourth-order valence-electron chi connectivity index (χ4n) is 7.40. The van der Waals surface area contributed by atoms with Gasteiger partial charge in [-0.15, -0.1) is 0 Å². The summed E-state index contributed by atoms with van der Waals surface area (Å²) in [6.07, 6.45) is 20.4. The van der Waals surface area contributed by atoms with Crippen molar-refractivity contribution in [3.63, 3.8) is 0 Å². The number of rotatable bonds is 7. The summed E-state index contributed by atoms with van der Waals surface area (Å²) in [7, 11) is 0. The highest BCUT2D eigenvalue weighted by molar-refractivity contribution is 5.28. The van der Waals surface area contributed by atoms with E-state index in [-0.39, 0.29) is 5.82 Å². The van der Waals surface area contributed by atoms with Crippen LogP contribution in [0.3, 0.4) is 0 Å². The van der Waals surface area contributed by atoms with Gasteiger partial charge in [-0.05, 0) is 117 Å². The Morgan fingerprint density at radius 2 is 1.43 bits per heavy atom. The maximum Gasteiger partial charge on any atom is 0.126 e. The van der Waals surface area contributed by atoms with Gasteiger partial charge in [0.1, 0.15) is 5.82 Å². The molecule has 1 aromatic carbocycles. The van der Waals surface area contributed by atoms with Gasteiger partial charge in [-0.1, -0.05) is 58.1 Å². The van der Waals surface area contributed by atoms with Crippen LogP contribution in [-0.2, 0) is 6.42 Å². The Hall–Kier alpha value is -0.850. The SMILES string of the molecule is CCCCc1ccc(C2CCC3CC(C4CCC(CCC)CC4)CCC3C2)cc1F. The lowest BCUT2D eigenvalue weighted by Gasteiger charge is -2.45. The van der Waals surface area contributed by atoms with Crippen molar-refractivity contribution in [2.24, 2.45) is 29.6 Å². The zero-order chi connectivity index (χ0) is 20.9. The maximum atomic E-state index is 14.6. The first-order chi connectivity index (χ1) is 14.7. The van der Waals surface area contributed by atoms with Crippen LogP contribution < -0.4 is 0 Å². The molecule has 0 saturated heterocycles. The Bertz CT molecular complexity index is 656. The number of benzene rings is 1. The first-order valence-electron chi connectivity index (χ1n) is 13.5. The number of hydrogen-bond donors (Lipinski definition) is 0. The summed E-state index contributed by atoms with van der Waals surface area (Å²) in [6.45, 7) is 4.52. The van der Waals surface area contributed by atoms with Crippen LogP contribution in [0.15, 0.2) is 18.2 Å². The molecule has 3 fully saturated rings. The monoisotopic (exact) mass is 412 g/mol. The van der Waals surface area contributed by atoms with Gasteiger partial charge < -0.3 is 0 Å². The van der Waals surface area contributed by atoms with Crippen molar-refractivity contribution in [2.75, 3.05) is 0 Å². The summed E-state index contributed by atoms with van der Waals surface area (Å²) in [5, 5.41) is 0. The van der Waals surface area contributed by atoms with Crippen molar-refractivity contribution in [1.29, 1.82) is 0 Å². The molecule has 4 unspecified atom stereocenters. The maximum absolute atomic E-state index is 14.6. The minimum absolute atomic E-state index is 0.0467. The zero-order valence-corrected chi connectivity index (χ0v) is 19.7. The fraction of sp³-hybridized carbons (Fsp3) is 0.793. The molecule has 30 heavy (non-hydrogen) atoms. The summed E-state index contributed by atoms with van der Waals surface area (Å²) in [5.74, 6) is 5.59. The third-order valence-electron chi connectivity index (χ3n) is 9.26. The molecule has 4 atom stereocenters. The van der Waals surface area contributed by atoms with Crippen molar-refractivity contribution in [2.45, 2.75) is 116 Å². The Kier molecular flexibility index (Phi) is 7.93. The van der Waals surface area contributed by atoms with E-state index < -0.39 is 0 Å². The van der Waals surface area contributed by atoms with E-state index in [9.17, 15) is 4.39 Å². The van der Waals surface area contributed by atoms with E-state index >= 15 is 0 Å². The quantitative estimate of drug-likeness (QED) is 0.419. The Morgan fingerprint density at radius 3 is 2.13 bits per heavy atom. The molecule has 1 heteroatoms. The zero-order valence-electron chi connectivity index (χ0n) is 19.7. The lowest BCUT2D eigenvalue weighted by molar-refractivity contribution is 0.0711. The number of unbranched alkanes of at least 4 members (excludes halogenated alkanes) is 1. The molecular formula is C29H45F. The van der Waals surface area contributed by atoms with E-state index in [1.807, 2.05) is 6.07 Å². The van der Waals surface area contributed by atoms with Gasteiger partial charge in [0.25, 0.3) is 0 Å². The van der Waals surface area contributed by atoms with E-state index in [1.54, 1.807) is 0 Å². The number of hydrogen-bond acceptors (Lipinski definition) is 0. The molecule has 3 aliphatic carbocycles. The topological polar surface area (TPSA) is 0 Å². The molecule has 0 nitrogen and oxygen atoms in total. The van der Waals surface area contributed by atoms with E-state index in [2.05, 4.69) is 26.0 Å². The van der Waals surface area contributed by atoms with Gasteiger partial charge in [-0.3, -0.25) is 0 Å². The highest BCUT2D eigenvalue weighted by Gasteiger charge is 2.39. The number of fused-ring (bicyclic) bond motifs is 1. The Morgan fingerprint density at radius 1 is 0.767 bits per heavy atom. The summed E-state index contributed by atoms with van der Waals surface area (Å²) in [4.78, 5) is 0. The molecular weight excluding hydrogens is 367 g/mol. The lowest BCUT2D eigenvalue weighted by Crippen LogP contribution is -2.34. The number of halogens is 1. The summed E-state index contributed by atoms with van der Waals surface area (Å²) >= 11 is 0. The van der Waals surface area contributed by atoms with E-state index in [1.165, 1.54) is 82.6 Å². The minimum atomic E-state index is 0.0467. The largest absolute Gasteiger partial charge is 0.207 e. The molecule has 0 amide bonds. The molecule has 168 valence electrons. The predicted octanol–water partition coefficient (Wildman–Crippen LogP) is 9.07. The molecule has 0 heterocycles. The standard InChI is InChI=1S/C29H45F/c1-3-5-7-23-12-13-28(20-29(23)30)27-17-16-25-18-24(14-15-26(25)19-27)22-10-8-21(6-4-2)9-11-22/h12-13,20-22,24-27H,3-11,14-19H2,1-2H3. The van der Waals surface area contributed by atoms with Gasteiger partial charge in [0.15, 0.2) is 0 Å². The normalized spacial score (nSPS) is 34.5. The van der Waals surface area contributed by atoms with Gasteiger partial charge in [-0.25, -0.2) is 4.39 Å². The first-order valence-corrected chi connectivity index (χ1v) is 13.5. The van der Waals surface area contributed by atoms with E-state index in [0.717, 1.165) is 54.4 Å². The molecule has 1 aromatic rings. The van der Waals surface area contributed by atoms with Crippen molar-refractivity contribution in [3.8, 4) is 0 Å². The highest BCUT2D eigenvalue weighted by atomic mass is 19.1. The van der Waals surface area contributed by atoms with Crippen LogP contribution in [0.5, 0.6) is 0 Å². The van der Waals surface area contributed by atoms with Crippen molar-refractivity contribution < 1.29 is 4.39 Å². The summed E-state index contributed by atoms with van der Waals surface area (Å²) in [5.41, 5.74) is 2.20. The minimum Gasteiger partial charge on any atom is -0.207 e.